The lowest BCUT2D eigenvalue weighted by Gasteiger charge is -2.29. The van der Waals surface area contributed by atoms with Crippen molar-refractivity contribution in [3.8, 4) is 34.5 Å². The Morgan fingerprint density at radius 1 is 0.344 bits per heavy atom. The van der Waals surface area contributed by atoms with Crippen LogP contribution in [0.4, 0.5) is 0 Å². The van der Waals surface area contributed by atoms with Crippen LogP contribution in [0.15, 0.2) is 188 Å². The third-order valence-electron chi connectivity index (χ3n) is 10.4. The summed E-state index contributed by atoms with van der Waals surface area (Å²) < 4.78 is 63.9. The highest BCUT2D eigenvalue weighted by Gasteiger charge is 2.38. The summed E-state index contributed by atoms with van der Waals surface area (Å²) in [5, 5.41) is 0. The van der Waals surface area contributed by atoms with Crippen LogP contribution in [0.5, 0.6) is 34.5 Å². The number of para-hydroxylation sites is 6. The van der Waals surface area contributed by atoms with Gasteiger partial charge in [0, 0.05) is 11.0 Å². The van der Waals surface area contributed by atoms with Crippen molar-refractivity contribution in [2.45, 2.75) is 78.6 Å². The van der Waals surface area contributed by atoms with Gasteiger partial charge in [-0.2, -0.15) is 9.13 Å². The topological polar surface area (TPSA) is 89.5 Å². The maximum atomic E-state index is 14.2. The molecule has 0 heterocycles. The molecule has 0 aromatic heterocycles. The molecule has 0 bridgehead atoms. The Morgan fingerprint density at radius 2 is 0.625 bits per heavy atom. The molecule has 7 aromatic carbocycles. The van der Waals surface area contributed by atoms with Crippen molar-refractivity contribution in [3.63, 3.8) is 0 Å². The first-order chi connectivity index (χ1) is 30.7. The lowest BCUT2D eigenvalue weighted by molar-refractivity contribution is 0.293. The van der Waals surface area contributed by atoms with Crippen LogP contribution >= 0.6 is 15.6 Å². The van der Waals surface area contributed by atoms with Gasteiger partial charge in [0.1, 0.15) is 34.5 Å². The first-order valence-corrected chi connectivity index (χ1v) is 24.5. The monoisotopic (exact) mass is 896 g/mol. The molecule has 0 amide bonds. The van der Waals surface area contributed by atoms with Crippen LogP contribution in [0.25, 0.3) is 0 Å². The molecule has 7 rings (SSSR count). The van der Waals surface area contributed by atoms with E-state index in [4.69, 9.17) is 27.1 Å². The van der Waals surface area contributed by atoms with Gasteiger partial charge >= 0.3 is 15.6 Å². The van der Waals surface area contributed by atoms with E-state index in [0.717, 1.165) is 27.8 Å². The largest absolute Gasteiger partial charge is 0.647 e. The Kier molecular flexibility index (Phi) is 15.8. The van der Waals surface area contributed by atoms with Crippen molar-refractivity contribution in [3.05, 3.63) is 216 Å². The van der Waals surface area contributed by atoms with Gasteiger partial charge in [0.2, 0.25) is 0 Å². The van der Waals surface area contributed by atoms with Gasteiger partial charge in [0.25, 0.3) is 0 Å². The van der Waals surface area contributed by atoms with E-state index in [1.165, 1.54) is 0 Å². The summed E-state index contributed by atoms with van der Waals surface area (Å²) in [5.74, 6) is 3.27. The van der Waals surface area contributed by atoms with Crippen LogP contribution in [0.3, 0.4) is 0 Å². The summed E-state index contributed by atoms with van der Waals surface area (Å²) in [7, 11) is -8.16. The average Bonchev–Trinajstić information content (AvgIpc) is 3.28. The highest BCUT2D eigenvalue weighted by molar-refractivity contribution is 7.50. The third-order valence-corrected chi connectivity index (χ3v) is 13.0. The zero-order valence-electron chi connectivity index (χ0n) is 37.8. The van der Waals surface area contributed by atoms with E-state index in [0.29, 0.717) is 34.5 Å². The summed E-state index contributed by atoms with van der Waals surface area (Å²) in [6.07, 6.45) is 0. The number of phosphoric ester groups is 2. The maximum absolute atomic E-state index is 14.2. The third kappa shape index (κ3) is 12.5. The van der Waals surface area contributed by atoms with Crippen molar-refractivity contribution < 1.29 is 36.3 Å². The zero-order chi connectivity index (χ0) is 45.7. The molecule has 7 aromatic rings. The van der Waals surface area contributed by atoms with E-state index in [1.54, 1.807) is 72.8 Å². The predicted molar refractivity (Wildman–Crippen MR) is 258 cm³/mol. The van der Waals surface area contributed by atoms with E-state index in [1.807, 2.05) is 103 Å². The molecule has 0 aliphatic heterocycles. The minimum Gasteiger partial charge on any atom is -0.386 e. The van der Waals surface area contributed by atoms with Crippen molar-refractivity contribution in [1.82, 2.24) is 0 Å². The van der Waals surface area contributed by atoms with Gasteiger partial charge in [-0.15, -0.1) is 0 Å². The minimum atomic E-state index is -4.08. The lowest BCUT2D eigenvalue weighted by atomic mass is 9.78. The molecule has 64 heavy (non-hydrogen) atoms. The first-order valence-electron chi connectivity index (χ1n) is 21.6. The van der Waals surface area contributed by atoms with Gasteiger partial charge in [0.05, 0.1) is 0 Å². The van der Waals surface area contributed by atoms with Crippen LogP contribution in [-0.4, -0.2) is 0 Å². The van der Waals surface area contributed by atoms with Crippen LogP contribution in [0.2, 0.25) is 0 Å². The predicted octanol–water partition coefficient (Wildman–Crippen LogP) is 16.4. The summed E-state index contributed by atoms with van der Waals surface area (Å²) in [6, 6.07) is 58.1. The van der Waals surface area contributed by atoms with Crippen molar-refractivity contribution >= 4 is 15.6 Å². The second-order valence-electron chi connectivity index (χ2n) is 16.6. The van der Waals surface area contributed by atoms with Crippen LogP contribution < -0.4 is 27.1 Å². The van der Waals surface area contributed by atoms with E-state index in [2.05, 4.69) is 67.5 Å². The van der Waals surface area contributed by atoms with Gasteiger partial charge in [0.15, 0.2) is 0 Å². The van der Waals surface area contributed by atoms with E-state index in [9.17, 15) is 9.13 Å². The molecule has 0 fully saturated rings. The molecule has 0 saturated heterocycles. The van der Waals surface area contributed by atoms with Crippen LogP contribution in [-0.2, 0) is 14.5 Å². The highest BCUT2D eigenvalue weighted by atomic mass is 31.2. The summed E-state index contributed by atoms with van der Waals surface area (Å²) in [5.41, 5.74) is 4.40. The Morgan fingerprint density at radius 3 is 1.00 bits per heavy atom. The number of hydrogen-bond donors (Lipinski definition) is 0. The Labute approximate surface area is 379 Å². The minimum absolute atomic E-state index is 0.186. The van der Waals surface area contributed by atoms with Gasteiger partial charge in [-0.1, -0.05) is 195 Å². The van der Waals surface area contributed by atoms with Gasteiger partial charge in [-0.05, 0) is 88.5 Å². The number of rotatable bonds is 17. The number of benzene rings is 7. The van der Waals surface area contributed by atoms with Crippen molar-refractivity contribution in [2.75, 3.05) is 0 Å². The molecule has 0 aliphatic rings. The quantitative estimate of drug-likeness (QED) is 0.0835. The fourth-order valence-corrected chi connectivity index (χ4v) is 9.61. The molecular weight excluding hydrogens is 839 g/mol. The SMILES string of the molecule is CC(C)(c1ccccc1)c1ccccc1OP(=O)(Oc1ccccc1)Oc1ccccc1.CC(C)c1ccccc1OP(=O)(Oc1ccccc1C(C)C)Oc1ccccc1C(C)C. The lowest BCUT2D eigenvalue weighted by Crippen LogP contribution is -2.20. The molecule has 0 spiro atoms. The van der Waals surface area contributed by atoms with Gasteiger partial charge < -0.3 is 27.1 Å². The maximum Gasteiger partial charge on any atom is 0.647 e. The molecule has 0 saturated carbocycles. The molecule has 0 radical (unpaired) electrons. The smallest absolute Gasteiger partial charge is 0.386 e. The number of hydrogen-bond acceptors (Lipinski definition) is 8. The van der Waals surface area contributed by atoms with Gasteiger partial charge in [-0.25, -0.2) is 0 Å². The fourth-order valence-electron chi connectivity index (χ4n) is 7.01. The van der Waals surface area contributed by atoms with E-state index in [-0.39, 0.29) is 17.8 Å². The molecule has 0 atom stereocenters. The zero-order valence-corrected chi connectivity index (χ0v) is 39.6. The molecule has 10 heteroatoms. The van der Waals surface area contributed by atoms with Crippen molar-refractivity contribution in [2.24, 2.45) is 0 Å². The normalized spacial score (nSPS) is 11.7. The molecule has 332 valence electrons. The van der Waals surface area contributed by atoms with Crippen LogP contribution in [0, 0.1) is 0 Å². The highest BCUT2D eigenvalue weighted by Crippen LogP contribution is 2.54. The Bertz CT molecular complexity index is 2470. The molecular formula is C54H58O8P2. The average molecular weight is 897 g/mol. The second-order valence-corrected chi connectivity index (χ2v) is 19.5. The fraction of sp³-hybridized carbons (Fsp3) is 0.222. The second kappa shape index (κ2) is 21.5. The van der Waals surface area contributed by atoms with E-state index < -0.39 is 21.1 Å². The van der Waals surface area contributed by atoms with Crippen molar-refractivity contribution in [1.29, 1.82) is 0 Å². The molecule has 0 unspecified atom stereocenters. The molecule has 0 N–H and O–H groups in total. The number of phosphoric acid groups is 2. The summed E-state index contributed by atoms with van der Waals surface area (Å²) in [4.78, 5) is 0. The van der Waals surface area contributed by atoms with Crippen LogP contribution in [0.1, 0.15) is 101 Å². The Balaban J connectivity index is 0.000000213. The molecule has 8 nitrogen and oxygen atoms in total. The standard InChI is InChI=1S/C27H25O4P.C27H33O4P/c1-27(2,22-14-6-3-7-15-22)25-20-12-13-21-26(25)31-32(28,29-23-16-8-4-9-17-23)30-24-18-10-5-11-19-24;1-19(2)22-13-7-10-16-25(22)29-32(28,30-26-17-11-8-14-23(26)20(3)4)31-27-18-12-9-15-24(27)21(5)6/h3-21H,1-2H3;7-21H,1-6H3. The summed E-state index contributed by atoms with van der Waals surface area (Å²) in [6.45, 7) is 16.6. The Hall–Kier alpha value is -6.20. The van der Waals surface area contributed by atoms with Gasteiger partial charge in [-0.3, -0.25) is 0 Å². The molecule has 0 aliphatic carbocycles. The first kappa shape index (κ1) is 47.3. The summed E-state index contributed by atoms with van der Waals surface area (Å²) >= 11 is 0. The van der Waals surface area contributed by atoms with E-state index >= 15 is 0 Å².